The van der Waals surface area contributed by atoms with E-state index in [1.165, 1.54) is 21.7 Å². The fraction of sp³-hybridized carbons (Fsp3) is 0.538. The van der Waals surface area contributed by atoms with Gasteiger partial charge in [0.25, 0.3) is 10.2 Å². The van der Waals surface area contributed by atoms with E-state index in [1.54, 1.807) is 6.92 Å². The van der Waals surface area contributed by atoms with Gasteiger partial charge in [0.2, 0.25) is 0 Å². The highest BCUT2D eigenvalue weighted by atomic mass is 32.2. The smallest absolute Gasteiger partial charge is 0.204 e. The van der Waals surface area contributed by atoms with Crippen LogP contribution in [0.1, 0.15) is 31.4 Å². The lowest BCUT2D eigenvalue weighted by atomic mass is 10.1. The van der Waals surface area contributed by atoms with Gasteiger partial charge in [-0.05, 0) is 37.5 Å². The molecule has 1 heterocycles. The molecule has 0 spiro atoms. The van der Waals surface area contributed by atoms with Crippen molar-refractivity contribution in [2.75, 3.05) is 20.1 Å². The molecule has 1 fully saturated rings. The first-order valence-electron chi connectivity index (χ1n) is 6.52. The Hall–Kier alpha value is -1.05. The molecule has 1 aliphatic rings. The lowest BCUT2D eigenvalue weighted by Crippen LogP contribution is -2.41. The second-order valence-electron chi connectivity index (χ2n) is 4.98. The quantitative estimate of drug-likeness (QED) is 0.856. The van der Waals surface area contributed by atoms with E-state index in [-0.39, 0.29) is 0 Å². The molecule has 0 aliphatic carbocycles. The molecule has 112 valence electrons. The molecule has 4 nitrogen and oxygen atoms in total. The zero-order valence-corrected chi connectivity index (χ0v) is 12.3. The Bertz CT molecular complexity index is 586. The highest BCUT2D eigenvalue weighted by Crippen LogP contribution is 2.26. The molecule has 0 aromatic heterocycles. The fourth-order valence-electron chi connectivity index (χ4n) is 2.28. The molecule has 1 aliphatic heterocycles. The van der Waals surface area contributed by atoms with Gasteiger partial charge in [0.15, 0.2) is 11.6 Å². The Morgan fingerprint density at radius 1 is 1.20 bits per heavy atom. The number of halogens is 2. The summed E-state index contributed by atoms with van der Waals surface area (Å²) in [6.07, 6.45) is 1.71. The van der Waals surface area contributed by atoms with Crippen LogP contribution in [-0.4, -0.2) is 37.2 Å². The molecular weight excluding hydrogens is 286 g/mol. The molecule has 0 bridgehead atoms. The van der Waals surface area contributed by atoms with Crippen LogP contribution >= 0.6 is 0 Å². The predicted octanol–water partition coefficient (Wildman–Crippen LogP) is 2.30. The van der Waals surface area contributed by atoms with Crippen LogP contribution in [0.2, 0.25) is 0 Å². The van der Waals surface area contributed by atoms with Crippen molar-refractivity contribution >= 4 is 10.2 Å². The van der Waals surface area contributed by atoms with Crippen LogP contribution in [0.3, 0.4) is 0 Å². The van der Waals surface area contributed by atoms with Crippen molar-refractivity contribution in [3.8, 4) is 0 Å². The van der Waals surface area contributed by atoms with E-state index in [9.17, 15) is 17.2 Å². The number of benzene rings is 1. The van der Waals surface area contributed by atoms with E-state index in [1.807, 2.05) is 0 Å². The van der Waals surface area contributed by atoms with Crippen LogP contribution in [-0.2, 0) is 10.2 Å². The Labute approximate surface area is 118 Å². The molecule has 7 heteroatoms. The molecule has 1 atom stereocenters. The molecule has 0 N–H and O–H groups in total. The summed E-state index contributed by atoms with van der Waals surface area (Å²) in [5.41, 5.74) is 0.425. The van der Waals surface area contributed by atoms with Crippen LogP contribution in [0.15, 0.2) is 18.2 Å². The van der Waals surface area contributed by atoms with E-state index < -0.39 is 27.9 Å². The SMILES string of the molecule is CC(c1ccc(F)c(F)c1)N(C)S(=O)(=O)N1CCCC1. The molecule has 0 amide bonds. The topological polar surface area (TPSA) is 40.6 Å². The van der Waals surface area contributed by atoms with Crippen LogP contribution in [0.4, 0.5) is 8.78 Å². The van der Waals surface area contributed by atoms with Gasteiger partial charge in [-0.3, -0.25) is 0 Å². The highest BCUT2D eigenvalue weighted by molar-refractivity contribution is 7.86. The van der Waals surface area contributed by atoms with Gasteiger partial charge in [0, 0.05) is 26.2 Å². The summed E-state index contributed by atoms with van der Waals surface area (Å²) in [5.74, 6) is -1.91. The maximum Gasteiger partial charge on any atom is 0.282 e. The van der Waals surface area contributed by atoms with E-state index >= 15 is 0 Å². The third-order valence-electron chi connectivity index (χ3n) is 3.73. The maximum absolute atomic E-state index is 13.2. The number of nitrogens with zero attached hydrogens (tertiary/aromatic N) is 2. The zero-order valence-electron chi connectivity index (χ0n) is 11.5. The zero-order chi connectivity index (χ0) is 14.9. The van der Waals surface area contributed by atoms with Gasteiger partial charge in [-0.2, -0.15) is 17.0 Å². The van der Waals surface area contributed by atoms with Gasteiger partial charge < -0.3 is 0 Å². The van der Waals surface area contributed by atoms with E-state index in [2.05, 4.69) is 0 Å². The van der Waals surface area contributed by atoms with Gasteiger partial charge in [-0.25, -0.2) is 8.78 Å². The Balaban J connectivity index is 2.23. The summed E-state index contributed by atoms with van der Waals surface area (Å²) < 4.78 is 53.6. The molecular formula is C13H18F2N2O2S. The van der Waals surface area contributed by atoms with Crippen LogP contribution in [0, 0.1) is 11.6 Å². The molecule has 2 rings (SSSR count). The molecule has 0 radical (unpaired) electrons. The minimum absolute atomic E-state index is 0.425. The summed E-state index contributed by atoms with van der Waals surface area (Å²) >= 11 is 0. The first kappa shape index (κ1) is 15.3. The minimum Gasteiger partial charge on any atom is -0.204 e. The number of hydrogen-bond acceptors (Lipinski definition) is 2. The van der Waals surface area contributed by atoms with Gasteiger partial charge in [0.05, 0.1) is 0 Å². The van der Waals surface area contributed by atoms with Crippen LogP contribution in [0.25, 0.3) is 0 Å². The molecule has 20 heavy (non-hydrogen) atoms. The maximum atomic E-state index is 13.2. The summed E-state index contributed by atoms with van der Waals surface area (Å²) in [7, 11) is -2.10. The van der Waals surface area contributed by atoms with Crippen molar-refractivity contribution in [2.45, 2.75) is 25.8 Å². The third kappa shape index (κ3) is 2.84. The van der Waals surface area contributed by atoms with Crippen molar-refractivity contribution in [1.82, 2.24) is 8.61 Å². The molecule has 1 saturated heterocycles. The first-order chi connectivity index (χ1) is 9.34. The summed E-state index contributed by atoms with van der Waals surface area (Å²) in [6, 6.07) is 2.89. The molecule has 0 saturated carbocycles. The summed E-state index contributed by atoms with van der Waals surface area (Å²) in [5, 5.41) is 0. The van der Waals surface area contributed by atoms with Crippen LogP contribution in [0.5, 0.6) is 0 Å². The van der Waals surface area contributed by atoms with E-state index in [4.69, 9.17) is 0 Å². The average molecular weight is 304 g/mol. The highest BCUT2D eigenvalue weighted by Gasteiger charge is 2.32. The lowest BCUT2D eigenvalue weighted by molar-refractivity contribution is 0.349. The first-order valence-corrected chi connectivity index (χ1v) is 7.92. The summed E-state index contributed by atoms with van der Waals surface area (Å²) in [4.78, 5) is 0. The lowest BCUT2D eigenvalue weighted by Gasteiger charge is -2.29. The summed E-state index contributed by atoms with van der Waals surface area (Å²) in [6.45, 7) is 2.68. The van der Waals surface area contributed by atoms with Gasteiger partial charge in [-0.15, -0.1) is 0 Å². The van der Waals surface area contributed by atoms with Crippen molar-refractivity contribution in [3.05, 3.63) is 35.4 Å². The molecule has 1 aromatic rings. The van der Waals surface area contributed by atoms with Crippen molar-refractivity contribution < 1.29 is 17.2 Å². The van der Waals surface area contributed by atoms with E-state index in [0.29, 0.717) is 18.7 Å². The van der Waals surface area contributed by atoms with Gasteiger partial charge in [0.1, 0.15) is 0 Å². The van der Waals surface area contributed by atoms with Crippen molar-refractivity contribution in [3.63, 3.8) is 0 Å². The van der Waals surface area contributed by atoms with E-state index in [0.717, 1.165) is 25.0 Å². The van der Waals surface area contributed by atoms with Crippen LogP contribution < -0.4 is 0 Å². The number of hydrogen-bond donors (Lipinski definition) is 0. The van der Waals surface area contributed by atoms with Crippen molar-refractivity contribution in [2.24, 2.45) is 0 Å². The van der Waals surface area contributed by atoms with Crippen molar-refractivity contribution in [1.29, 1.82) is 0 Å². The fourth-order valence-corrected chi connectivity index (χ4v) is 3.89. The predicted molar refractivity (Wildman–Crippen MR) is 72.3 cm³/mol. The average Bonchev–Trinajstić information content (AvgIpc) is 2.95. The largest absolute Gasteiger partial charge is 0.282 e. The molecule has 1 unspecified atom stereocenters. The molecule has 1 aromatic carbocycles. The second kappa shape index (κ2) is 5.75. The Morgan fingerprint density at radius 3 is 2.35 bits per heavy atom. The minimum atomic E-state index is -3.56. The second-order valence-corrected chi connectivity index (χ2v) is 6.97. The van der Waals surface area contributed by atoms with Gasteiger partial charge in [-0.1, -0.05) is 6.07 Å². The number of rotatable bonds is 4. The Morgan fingerprint density at radius 2 is 1.80 bits per heavy atom. The standard InChI is InChI=1S/C13H18F2N2O2S/c1-10(11-5-6-12(14)13(15)9-11)16(2)20(18,19)17-7-3-4-8-17/h5-6,9-10H,3-4,7-8H2,1-2H3. The monoisotopic (exact) mass is 304 g/mol. The van der Waals surface area contributed by atoms with Gasteiger partial charge >= 0.3 is 0 Å². The normalized spacial score (nSPS) is 18.6. The third-order valence-corrected chi connectivity index (χ3v) is 5.79. The Kier molecular flexibility index (Phi) is 4.41.